The Morgan fingerprint density at radius 2 is 1.25 bits per heavy atom. The van der Waals surface area contributed by atoms with E-state index in [9.17, 15) is 25.3 Å². The summed E-state index contributed by atoms with van der Waals surface area (Å²) in [6, 6.07) is 10.3. The van der Waals surface area contributed by atoms with Crippen molar-refractivity contribution >= 4 is 33.2 Å². The molecule has 1 N–H and O–H groups in total. The van der Waals surface area contributed by atoms with Gasteiger partial charge in [-0.25, -0.2) is 0 Å². The molecule has 1 unspecified atom stereocenters. The normalized spacial score (nSPS) is 18.7. The molecule has 0 spiro atoms. The molecular formula is C27H34N4O5. The van der Waals surface area contributed by atoms with E-state index in [4.69, 9.17) is 0 Å². The van der Waals surface area contributed by atoms with Crippen LogP contribution in [0, 0.1) is 20.2 Å². The van der Waals surface area contributed by atoms with Crippen molar-refractivity contribution in [3.63, 3.8) is 0 Å². The second-order valence-electron chi connectivity index (χ2n) is 10.5. The van der Waals surface area contributed by atoms with E-state index in [1.54, 1.807) is 12.1 Å². The lowest BCUT2D eigenvalue weighted by molar-refractivity contribution is -0.385. The lowest BCUT2D eigenvalue weighted by atomic mass is 9.88. The minimum atomic E-state index is -0.627. The second kappa shape index (κ2) is 10.5. The van der Waals surface area contributed by atoms with Gasteiger partial charge in [0.15, 0.2) is 0 Å². The minimum absolute atomic E-state index is 0.0608. The van der Waals surface area contributed by atoms with Crippen molar-refractivity contribution in [3.8, 4) is 0 Å². The Bertz CT molecular complexity index is 1170. The van der Waals surface area contributed by atoms with E-state index in [1.165, 1.54) is 88.5 Å². The van der Waals surface area contributed by atoms with E-state index >= 15 is 0 Å². The summed E-state index contributed by atoms with van der Waals surface area (Å²) in [4.78, 5) is 24.5. The molecule has 0 saturated heterocycles. The molecule has 2 aliphatic carbocycles. The fourth-order valence-electron chi connectivity index (χ4n) is 6.44. The fraction of sp³-hybridized carbons (Fsp3) is 0.556. The van der Waals surface area contributed by atoms with E-state index in [0.29, 0.717) is 35.9 Å². The summed E-state index contributed by atoms with van der Waals surface area (Å²) in [7, 11) is 0. The second-order valence-corrected chi connectivity index (χ2v) is 10.5. The highest BCUT2D eigenvalue weighted by atomic mass is 16.6. The van der Waals surface area contributed by atoms with Crippen molar-refractivity contribution in [3.05, 3.63) is 56.6 Å². The number of aromatic nitrogens is 1. The molecule has 0 radical (unpaired) electrons. The van der Waals surface area contributed by atoms with Gasteiger partial charge < -0.3 is 9.67 Å². The molecule has 1 atom stereocenters. The van der Waals surface area contributed by atoms with E-state index in [-0.39, 0.29) is 11.4 Å². The highest BCUT2D eigenvalue weighted by Gasteiger charge is 2.30. The molecule has 0 amide bonds. The number of non-ortho nitro benzene ring substituents is 2. The number of nitrogens with zero attached hydrogens (tertiary/aromatic N) is 4. The minimum Gasteiger partial charge on any atom is -0.390 e. The van der Waals surface area contributed by atoms with Crippen molar-refractivity contribution in [2.75, 3.05) is 6.54 Å². The molecule has 2 aromatic carbocycles. The number of rotatable bonds is 8. The number of fused-ring (bicyclic) bond motifs is 3. The van der Waals surface area contributed by atoms with Crippen LogP contribution in [0.5, 0.6) is 0 Å². The first kappa shape index (κ1) is 24.6. The Labute approximate surface area is 210 Å². The molecule has 9 heteroatoms. The summed E-state index contributed by atoms with van der Waals surface area (Å²) in [6.07, 6.45) is 11.7. The van der Waals surface area contributed by atoms with Crippen molar-refractivity contribution < 1.29 is 15.0 Å². The lowest BCUT2D eigenvalue weighted by Gasteiger charge is -2.42. The third-order valence-electron chi connectivity index (χ3n) is 8.16. The van der Waals surface area contributed by atoms with Gasteiger partial charge in [0.25, 0.3) is 11.4 Å². The zero-order valence-corrected chi connectivity index (χ0v) is 20.6. The molecule has 3 aromatic rings. The van der Waals surface area contributed by atoms with Gasteiger partial charge in [-0.05, 0) is 37.8 Å². The van der Waals surface area contributed by atoms with Crippen LogP contribution in [0.1, 0.15) is 64.2 Å². The summed E-state index contributed by atoms with van der Waals surface area (Å²) < 4.78 is 1.96. The maximum absolute atomic E-state index is 11.4. The van der Waals surface area contributed by atoms with E-state index < -0.39 is 16.0 Å². The van der Waals surface area contributed by atoms with Gasteiger partial charge in [0, 0.05) is 64.7 Å². The standard InChI is InChI=1S/C27H34N4O5/c32-23(17-28(19-7-3-1-4-8-19)20-9-5-2-6-10-20)18-29-26-13-11-21(30(33)34)15-24(26)25-16-22(31(35)36)12-14-27(25)29/h11-16,19-20,23,32H,1-10,17-18H2. The predicted octanol–water partition coefficient (Wildman–Crippen LogP) is 5.94. The largest absolute Gasteiger partial charge is 0.390 e. The van der Waals surface area contributed by atoms with Crippen LogP contribution in [0.25, 0.3) is 21.8 Å². The SMILES string of the molecule is O=[N+]([O-])c1ccc2c(c1)c1cc([N+](=O)[O-])ccc1n2CC(O)CN(C1CCCCC1)C1CCCCC1. The summed E-state index contributed by atoms with van der Waals surface area (Å²) in [5.74, 6) is 0. The summed E-state index contributed by atoms with van der Waals surface area (Å²) in [6.45, 7) is 0.919. The van der Waals surface area contributed by atoms with Gasteiger partial charge >= 0.3 is 0 Å². The van der Waals surface area contributed by atoms with Gasteiger partial charge in [0.1, 0.15) is 0 Å². The van der Waals surface area contributed by atoms with Crippen LogP contribution in [-0.2, 0) is 6.54 Å². The molecule has 0 aliphatic heterocycles. The number of nitro benzene ring substituents is 2. The monoisotopic (exact) mass is 494 g/mol. The summed E-state index contributed by atoms with van der Waals surface area (Å²) in [5.41, 5.74) is 1.35. The zero-order chi connectivity index (χ0) is 25.2. The smallest absolute Gasteiger partial charge is 0.270 e. The average Bonchev–Trinajstić information content (AvgIpc) is 3.20. The van der Waals surface area contributed by atoms with Crippen molar-refractivity contribution in [1.82, 2.24) is 9.47 Å². The third kappa shape index (κ3) is 4.95. The molecular weight excluding hydrogens is 460 g/mol. The Balaban J connectivity index is 1.48. The predicted molar refractivity (Wildman–Crippen MR) is 139 cm³/mol. The van der Waals surface area contributed by atoms with Gasteiger partial charge in [-0.3, -0.25) is 25.1 Å². The molecule has 0 bridgehead atoms. The van der Waals surface area contributed by atoms with Gasteiger partial charge in [-0.15, -0.1) is 0 Å². The summed E-state index contributed by atoms with van der Waals surface area (Å²) in [5, 5.41) is 35.4. The molecule has 9 nitrogen and oxygen atoms in total. The number of hydrogen-bond donors (Lipinski definition) is 1. The first-order chi connectivity index (χ1) is 17.4. The van der Waals surface area contributed by atoms with E-state index in [0.717, 1.165) is 11.0 Å². The van der Waals surface area contributed by atoms with Crippen LogP contribution in [0.2, 0.25) is 0 Å². The van der Waals surface area contributed by atoms with Crippen LogP contribution in [-0.4, -0.2) is 49.2 Å². The van der Waals surface area contributed by atoms with E-state index in [1.807, 2.05) is 4.57 Å². The third-order valence-corrected chi connectivity index (χ3v) is 8.16. The fourth-order valence-corrected chi connectivity index (χ4v) is 6.44. The van der Waals surface area contributed by atoms with E-state index in [2.05, 4.69) is 4.90 Å². The van der Waals surface area contributed by atoms with Crippen LogP contribution in [0.4, 0.5) is 11.4 Å². The average molecular weight is 495 g/mol. The molecule has 2 fully saturated rings. The highest BCUT2D eigenvalue weighted by Crippen LogP contribution is 2.35. The van der Waals surface area contributed by atoms with Crippen LogP contribution in [0.15, 0.2) is 36.4 Å². The van der Waals surface area contributed by atoms with Crippen molar-refractivity contribution in [1.29, 1.82) is 0 Å². The Morgan fingerprint density at radius 1 is 0.806 bits per heavy atom. The molecule has 2 aliphatic rings. The number of nitro groups is 2. The molecule has 1 heterocycles. The highest BCUT2D eigenvalue weighted by molar-refractivity contribution is 6.09. The van der Waals surface area contributed by atoms with Crippen molar-refractivity contribution in [2.24, 2.45) is 0 Å². The lowest BCUT2D eigenvalue weighted by Crippen LogP contribution is -2.49. The zero-order valence-electron chi connectivity index (χ0n) is 20.6. The topological polar surface area (TPSA) is 115 Å². The van der Waals surface area contributed by atoms with Crippen LogP contribution < -0.4 is 0 Å². The van der Waals surface area contributed by atoms with Gasteiger partial charge in [-0.2, -0.15) is 0 Å². The number of hydrogen-bond acceptors (Lipinski definition) is 6. The quantitative estimate of drug-likeness (QED) is 0.306. The maximum atomic E-state index is 11.4. The number of aliphatic hydroxyl groups excluding tert-OH is 1. The number of benzene rings is 2. The Kier molecular flexibility index (Phi) is 7.20. The molecule has 5 rings (SSSR count). The molecule has 36 heavy (non-hydrogen) atoms. The van der Waals surface area contributed by atoms with Crippen molar-refractivity contribution in [2.45, 2.75) is 88.9 Å². The Hall–Kier alpha value is -3.04. The maximum Gasteiger partial charge on any atom is 0.270 e. The molecule has 1 aromatic heterocycles. The van der Waals surface area contributed by atoms with Gasteiger partial charge in [-0.1, -0.05) is 38.5 Å². The van der Waals surface area contributed by atoms with Gasteiger partial charge in [0.05, 0.1) is 22.5 Å². The van der Waals surface area contributed by atoms with Crippen LogP contribution in [0.3, 0.4) is 0 Å². The van der Waals surface area contributed by atoms with Crippen LogP contribution >= 0.6 is 0 Å². The Morgan fingerprint density at radius 3 is 1.67 bits per heavy atom. The first-order valence-corrected chi connectivity index (χ1v) is 13.2. The summed E-state index contributed by atoms with van der Waals surface area (Å²) >= 11 is 0. The molecule has 2 saturated carbocycles. The molecule has 192 valence electrons. The van der Waals surface area contributed by atoms with Gasteiger partial charge in [0.2, 0.25) is 0 Å². The first-order valence-electron chi connectivity index (χ1n) is 13.2. The number of aliphatic hydroxyl groups is 1.